The molecule has 2 nitrogen and oxygen atoms in total. The minimum absolute atomic E-state index is 0.158. The Morgan fingerprint density at radius 2 is 2.00 bits per heavy atom. The molecule has 1 atom stereocenters. The van der Waals surface area contributed by atoms with Crippen molar-refractivity contribution in [1.82, 2.24) is 5.06 Å². The summed E-state index contributed by atoms with van der Waals surface area (Å²) in [6.45, 7) is 4.43. The maximum Gasteiger partial charge on any atom is 0.123 e. The Bertz CT molecular complexity index is 614. The normalized spacial score (nSPS) is 19.3. The SMILES string of the molecule is Cc1cc(F)ccc1C1CCCN(OCc2ccccc2)C1. The first-order valence-electron chi connectivity index (χ1n) is 7.90. The van der Waals surface area contributed by atoms with Gasteiger partial charge < -0.3 is 0 Å². The second kappa shape index (κ2) is 7.03. The van der Waals surface area contributed by atoms with E-state index in [0.29, 0.717) is 12.5 Å². The fraction of sp³-hybridized carbons (Fsp3) is 0.368. The summed E-state index contributed by atoms with van der Waals surface area (Å²) in [7, 11) is 0. The van der Waals surface area contributed by atoms with Gasteiger partial charge in [0.2, 0.25) is 0 Å². The van der Waals surface area contributed by atoms with E-state index in [2.05, 4.69) is 17.2 Å². The molecule has 0 saturated carbocycles. The van der Waals surface area contributed by atoms with E-state index in [9.17, 15) is 4.39 Å². The summed E-state index contributed by atoms with van der Waals surface area (Å²) in [4.78, 5) is 5.94. The summed E-state index contributed by atoms with van der Waals surface area (Å²) in [5.74, 6) is 0.263. The van der Waals surface area contributed by atoms with E-state index in [-0.39, 0.29) is 5.82 Å². The number of hydrogen-bond donors (Lipinski definition) is 0. The van der Waals surface area contributed by atoms with E-state index in [1.54, 1.807) is 12.1 Å². The Labute approximate surface area is 131 Å². The van der Waals surface area contributed by atoms with Gasteiger partial charge in [-0.15, -0.1) is 0 Å². The van der Waals surface area contributed by atoms with Crippen molar-refractivity contribution < 1.29 is 9.23 Å². The molecule has 22 heavy (non-hydrogen) atoms. The molecule has 3 heteroatoms. The number of benzene rings is 2. The lowest BCUT2D eigenvalue weighted by Gasteiger charge is -2.32. The second-order valence-corrected chi connectivity index (χ2v) is 5.99. The third-order valence-electron chi connectivity index (χ3n) is 4.31. The zero-order valence-corrected chi connectivity index (χ0v) is 13.0. The number of piperidine rings is 1. The van der Waals surface area contributed by atoms with Crippen molar-refractivity contribution in [3.63, 3.8) is 0 Å². The lowest BCUT2D eigenvalue weighted by atomic mass is 9.88. The minimum Gasteiger partial charge on any atom is -0.294 e. The molecule has 1 aliphatic heterocycles. The monoisotopic (exact) mass is 299 g/mol. The molecule has 0 N–H and O–H groups in total. The van der Waals surface area contributed by atoms with Gasteiger partial charge in [-0.1, -0.05) is 36.4 Å². The molecule has 1 unspecified atom stereocenters. The predicted molar refractivity (Wildman–Crippen MR) is 85.9 cm³/mol. The molecule has 0 aliphatic carbocycles. The largest absolute Gasteiger partial charge is 0.294 e. The molecule has 3 rings (SSSR count). The van der Waals surface area contributed by atoms with Crippen LogP contribution in [-0.2, 0) is 11.4 Å². The van der Waals surface area contributed by atoms with Gasteiger partial charge in [0, 0.05) is 13.1 Å². The lowest BCUT2D eigenvalue weighted by Crippen LogP contribution is -2.34. The van der Waals surface area contributed by atoms with Gasteiger partial charge in [0.15, 0.2) is 0 Å². The van der Waals surface area contributed by atoms with Crippen molar-refractivity contribution in [2.45, 2.75) is 32.3 Å². The van der Waals surface area contributed by atoms with Crippen LogP contribution in [0.5, 0.6) is 0 Å². The van der Waals surface area contributed by atoms with Crippen molar-refractivity contribution in [2.24, 2.45) is 0 Å². The summed E-state index contributed by atoms with van der Waals surface area (Å²) in [5.41, 5.74) is 3.46. The highest BCUT2D eigenvalue weighted by Gasteiger charge is 2.23. The first-order chi connectivity index (χ1) is 10.7. The third kappa shape index (κ3) is 3.73. The summed E-state index contributed by atoms with van der Waals surface area (Å²) in [6, 6.07) is 15.3. The predicted octanol–water partition coefficient (Wildman–Crippen LogP) is 4.45. The van der Waals surface area contributed by atoms with Crippen LogP contribution in [-0.4, -0.2) is 18.2 Å². The molecule has 0 spiro atoms. The van der Waals surface area contributed by atoms with E-state index < -0.39 is 0 Å². The third-order valence-corrected chi connectivity index (χ3v) is 4.31. The molecular formula is C19H22FNO. The maximum atomic E-state index is 13.3. The Morgan fingerprint density at radius 1 is 1.18 bits per heavy atom. The van der Waals surface area contributed by atoms with Crippen LogP contribution in [0.15, 0.2) is 48.5 Å². The fourth-order valence-corrected chi connectivity index (χ4v) is 3.15. The molecule has 2 aromatic rings. The van der Waals surface area contributed by atoms with Gasteiger partial charge in [0.05, 0.1) is 6.61 Å². The summed E-state index contributed by atoms with van der Waals surface area (Å²) < 4.78 is 13.3. The van der Waals surface area contributed by atoms with Crippen LogP contribution in [0.1, 0.15) is 35.4 Å². The molecule has 1 aliphatic rings. The van der Waals surface area contributed by atoms with Gasteiger partial charge in [-0.3, -0.25) is 4.84 Å². The number of hydrogen-bond acceptors (Lipinski definition) is 2. The van der Waals surface area contributed by atoms with E-state index in [4.69, 9.17) is 4.84 Å². The van der Waals surface area contributed by atoms with Crippen molar-refractivity contribution in [2.75, 3.05) is 13.1 Å². The molecule has 0 radical (unpaired) electrons. The number of hydroxylamine groups is 2. The van der Waals surface area contributed by atoms with Crippen molar-refractivity contribution in [1.29, 1.82) is 0 Å². The molecule has 1 fully saturated rings. The smallest absolute Gasteiger partial charge is 0.123 e. The number of halogens is 1. The van der Waals surface area contributed by atoms with E-state index >= 15 is 0 Å². The highest BCUT2D eigenvalue weighted by atomic mass is 19.1. The highest BCUT2D eigenvalue weighted by Crippen LogP contribution is 2.29. The van der Waals surface area contributed by atoms with E-state index in [1.807, 2.05) is 31.2 Å². The fourth-order valence-electron chi connectivity index (χ4n) is 3.15. The molecule has 0 amide bonds. The standard InChI is InChI=1S/C19H22FNO/c1-15-12-18(20)9-10-19(15)17-8-5-11-21(13-17)22-14-16-6-3-2-4-7-16/h2-4,6-7,9-10,12,17H,5,8,11,13-14H2,1H3. The minimum atomic E-state index is -0.158. The summed E-state index contributed by atoms with van der Waals surface area (Å²) in [5, 5.41) is 2.06. The van der Waals surface area contributed by atoms with Crippen molar-refractivity contribution in [3.05, 3.63) is 71.0 Å². The van der Waals surface area contributed by atoms with E-state index in [0.717, 1.165) is 31.5 Å². The van der Waals surface area contributed by atoms with Crippen molar-refractivity contribution >= 4 is 0 Å². The summed E-state index contributed by atoms with van der Waals surface area (Å²) >= 11 is 0. The van der Waals surface area contributed by atoms with Crippen LogP contribution in [0.25, 0.3) is 0 Å². The van der Waals surface area contributed by atoms with Crippen LogP contribution >= 0.6 is 0 Å². The first kappa shape index (κ1) is 15.2. The second-order valence-electron chi connectivity index (χ2n) is 5.99. The molecule has 1 saturated heterocycles. The van der Waals surface area contributed by atoms with Gasteiger partial charge in [0.1, 0.15) is 5.82 Å². The van der Waals surface area contributed by atoms with Crippen LogP contribution in [0.2, 0.25) is 0 Å². The average molecular weight is 299 g/mol. The molecule has 1 heterocycles. The molecule has 116 valence electrons. The zero-order valence-electron chi connectivity index (χ0n) is 13.0. The first-order valence-corrected chi connectivity index (χ1v) is 7.90. The average Bonchev–Trinajstić information content (AvgIpc) is 2.54. The van der Waals surface area contributed by atoms with Gasteiger partial charge >= 0.3 is 0 Å². The van der Waals surface area contributed by atoms with Crippen LogP contribution in [0.4, 0.5) is 4.39 Å². The number of aryl methyl sites for hydroxylation is 1. The Morgan fingerprint density at radius 3 is 2.77 bits per heavy atom. The zero-order chi connectivity index (χ0) is 15.4. The Balaban J connectivity index is 1.61. The number of nitrogens with zero attached hydrogens (tertiary/aromatic N) is 1. The van der Waals surface area contributed by atoms with Gasteiger partial charge in [-0.25, -0.2) is 4.39 Å². The maximum absolute atomic E-state index is 13.3. The molecule has 2 aromatic carbocycles. The quantitative estimate of drug-likeness (QED) is 0.827. The Hall–Kier alpha value is -1.71. The lowest BCUT2D eigenvalue weighted by molar-refractivity contribution is -0.182. The molecule has 0 bridgehead atoms. The van der Waals surface area contributed by atoms with E-state index in [1.165, 1.54) is 11.1 Å². The molecule has 0 aromatic heterocycles. The van der Waals surface area contributed by atoms with Crippen LogP contribution in [0.3, 0.4) is 0 Å². The van der Waals surface area contributed by atoms with Crippen LogP contribution in [0, 0.1) is 12.7 Å². The molecular weight excluding hydrogens is 277 g/mol. The van der Waals surface area contributed by atoms with Crippen molar-refractivity contribution in [3.8, 4) is 0 Å². The van der Waals surface area contributed by atoms with Gasteiger partial charge in [0.25, 0.3) is 0 Å². The number of rotatable bonds is 4. The van der Waals surface area contributed by atoms with Gasteiger partial charge in [-0.2, -0.15) is 5.06 Å². The summed E-state index contributed by atoms with van der Waals surface area (Å²) in [6.07, 6.45) is 2.24. The highest BCUT2D eigenvalue weighted by molar-refractivity contribution is 5.30. The Kier molecular flexibility index (Phi) is 4.86. The topological polar surface area (TPSA) is 12.5 Å². The van der Waals surface area contributed by atoms with Crippen LogP contribution < -0.4 is 0 Å². The van der Waals surface area contributed by atoms with Gasteiger partial charge in [-0.05, 0) is 54.5 Å².